The van der Waals surface area contributed by atoms with Crippen LogP contribution in [0.4, 0.5) is 0 Å². The minimum Gasteiger partial charge on any atom is -0.492 e. The molecule has 0 aromatic heterocycles. The fourth-order valence-corrected chi connectivity index (χ4v) is 2.16. The van der Waals surface area contributed by atoms with Crippen LogP contribution in [0.5, 0.6) is 5.75 Å². The van der Waals surface area contributed by atoms with Crippen LogP contribution in [-0.2, 0) is 0 Å². The Labute approximate surface area is 114 Å². The molecule has 0 bridgehead atoms. The number of hydrogen-bond acceptors (Lipinski definition) is 2. The molecule has 1 aromatic carbocycles. The number of hydrogen-bond donors (Lipinski definition) is 0. The summed E-state index contributed by atoms with van der Waals surface area (Å²) >= 11 is 5.54. The van der Waals surface area contributed by atoms with E-state index in [-0.39, 0.29) is 0 Å². The molecular formula is C15H18ClNO. The molecule has 96 valence electrons. The van der Waals surface area contributed by atoms with Crippen molar-refractivity contribution in [2.45, 2.75) is 12.8 Å². The van der Waals surface area contributed by atoms with Crippen LogP contribution in [0, 0.1) is 11.8 Å². The van der Waals surface area contributed by atoms with Crippen LogP contribution < -0.4 is 4.74 Å². The molecule has 3 heteroatoms. The summed E-state index contributed by atoms with van der Waals surface area (Å²) in [6.45, 7) is 4.18. The molecule has 1 aliphatic heterocycles. The Hall–Kier alpha value is -1.17. The molecule has 2 nitrogen and oxygen atoms in total. The Kier molecular flexibility index (Phi) is 5.38. The van der Waals surface area contributed by atoms with Gasteiger partial charge in [-0.3, -0.25) is 4.90 Å². The minimum atomic E-state index is 0.361. The van der Waals surface area contributed by atoms with Gasteiger partial charge in [0.2, 0.25) is 0 Å². The van der Waals surface area contributed by atoms with Crippen LogP contribution in [-0.4, -0.2) is 37.0 Å². The van der Waals surface area contributed by atoms with Gasteiger partial charge in [-0.25, -0.2) is 0 Å². The Bertz CT molecular complexity index is 430. The van der Waals surface area contributed by atoms with Crippen LogP contribution >= 0.6 is 11.6 Å². The highest BCUT2D eigenvalue weighted by Crippen LogP contribution is 2.13. The molecule has 1 saturated heterocycles. The molecule has 0 N–H and O–H groups in total. The predicted octanol–water partition coefficient (Wildman–Crippen LogP) is 2.75. The normalized spacial score (nSPS) is 15.2. The fraction of sp³-hybridized carbons (Fsp3) is 0.467. The second-order valence-corrected chi connectivity index (χ2v) is 4.63. The van der Waals surface area contributed by atoms with E-state index in [4.69, 9.17) is 16.3 Å². The quantitative estimate of drug-likeness (QED) is 0.612. The molecule has 0 saturated carbocycles. The van der Waals surface area contributed by atoms with Crippen LogP contribution in [0.2, 0.25) is 0 Å². The molecule has 18 heavy (non-hydrogen) atoms. The lowest BCUT2D eigenvalue weighted by Gasteiger charge is -2.14. The largest absolute Gasteiger partial charge is 0.492 e. The highest BCUT2D eigenvalue weighted by Gasteiger charge is 2.10. The van der Waals surface area contributed by atoms with Crippen molar-refractivity contribution in [3.8, 4) is 17.6 Å². The summed E-state index contributed by atoms with van der Waals surface area (Å²) in [7, 11) is 0. The molecule has 0 atom stereocenters. The van der Waals surface area contributed by atoms with Crippen molar-refractivity contribution < 1.29 is 4.74 Å². The number of likely N-dealkylation sites (tertiary alicyclic amines) is 1. The molecular weight excluding hydrogens is 246 g/mol. The topological polar surface area (TPSA) is 12.5 Å². The first-order valence-electron chi connectivity index (χ1n) is 6.38. The van der Waals surface area contributed by atoms with Crippen molar-refractivity contribution in [1.29, 1.82) is 0 Å². The van der Waals surface area contributed by atoms with Gasteiger partial charge < -0.3 is 4.74 Å². The van der Waals surface area contributed by atoms with Gasteiger partial charge in [0, 0.05) is 12.1 Å². The van der Waals surface area contributed by atoms with Gasteiger partial charge in [-0.05, 0) is 44.1 Å². The zero-order valence-corrected chi connectivity index (χ0v) is 11.2. The highest BCUT2D eigenvalue weighted by molar-refractivity contribution is 6.19. The molecule has 0 spiro atoms. The number of ether oxygens (including phenoxy) is 1. The van der Waals surface area contributed by atoms with Gasteiger partial charge in [-0.1, -0.05) is 17.9 Å². The zero-order chi connectivity index (χ0) is 12.6. The van der Waals surface area contributed by atoms with Crippen LogP contribution in [0.15, 0.2) is 24.3 Å². The van der Waals surface area contributed by atoms with E-state index in [0.29, 0.717) is 5.88 Å². The first kappa shape index (κ1) is 13.3. The standard InChI is InChI=1S/C15H18ClNO/c16-8-4-6-14-5-3-7-15(13-14)18-12-11-17-9-1-2-10-17/h3,5,7,13H,1-2,8-12H2. The number of benzene rings is 1. The first-order valence-corrected chi connectivity index (χ1v) is 6.92. The molecule has 1 heterocycles. The van der Waals surface area contributed by atoms with Gasteiger partial charge in [0.1, 0.15) is 12.4 Å². The van der Waals surface area contributed by atoms with E-state index < -0.39 is 0 Å². The van der Waals surface area contributed by atoms with E-state index in [1.54, 1.807) is 0 Å². The third kappa shape index (κ3) is 4.25. The molecule has 1 aromatic rings. The highest BCUT2D eigenvalue weighted by atomic mass is 35.5. The van der Waals surface area contributed by atoms with E-state index in [9.17, 15) is 0 Å². The summed E-state index contributed by atoms with van der Waals surface area (Å²) in [5, 5.41) is 0. The second kappa shape index (κ2) is 7.31. The Morgan fingerprint density at radius 3 is 2.89 bits per heavy atom. The Morgan fingerprint density at radius 1 is 1.28 bits per heavy atom. The van der Waals surface area contributed by atoms with E-state index in [2.05, 4.69) is 16.7 Å². The van der Waals surface area contributed by atoms with Crippen molar-refractivity contribution >= 4 is 11.6 Å². The summed E-state index contributed by atoms with van der Waals surface area (Å²) in [4.78, 5) is 2.44. The number of rotatable bonds is 4. The summed E-state index contributed by atoms with van der Waals surface area (Å²) in [5.41, 5.74) is 0.953. The Balaban J connectivity index is 1.81. The molecule has 0 aliphatic carbocycles. The molecule has 2 rings (SSSR count). The van der Waals surface area contributed by atoms with E-state index in [1.165, 1.54) is 25.9 Å². The summed E-state index contributed by atoms with van der Waals surface area (Å²) in [5.74, 6) is 7.08. The smallest absolute Gasteiger partial charge is 0.120 e. The lowest BCUT2D eigenvalue weighted by Crippen LogP contribution is -2.25. The molecule has 1 fully saturated rings. The van der Waals surface area contributed by atoms with Crippen LogP contribution in [0.25, 0.3) is 0 Å². The summed E-state index contributed by atoms with van der Waals surface area (Å²) < 4.78 is 5.75. The van der Waals surface area contributed by atoms with Crippen molar-refractivity contribution in [2.24, 2.45) is 0 Å². The van der Waals surface area contributed by atoms with Gasteiger partial charge in [0.25, 0.3) is 0 Å². The maximum atomic E-state index is 5.75. The SMILES string of the molecule is ClCC#Cc1cccc(OCCN2CCCC2)c1. The summed E-state index contributed by atoms with van der Waals surface area (Å²) in [6, 6.07) is 7.86. The maximum Gasteiger partial charge on any atom is 0.120 e. The molecule has 0 amide bonds. The Morgan fingerprint density at radius 2 is 2.11 bits per heavy atom. The average molecular weight is 264 g/mol. The van der Waals surface area contributed by atoms with Crippen molar-refractivity contribution in [2.75, 3.05) is 32.1 Å². The third-order valence-electron chi connectivity index (χ3n) is 3.01. The first-order chi connectivity index (χ1) is 8.88. The summed E-state index contributed by atoms with van der Waals surface area (Å²) in [6.07, 6.45) is 2.65. The van der Waals surface area contributed by atoms with E-state index in [1.807, 2.05) is 24.3 Å². The number of alkyl halides is 1. The van der Waals surface area contributed by atoms with Crippen LogP contribution in [0.1, 0.15) is 18.4 Å². The van der Waals surface area contributed by atoms with Gasteiger partial charge in [0.05, 0.1) is 5.88 Å². The lowest BCUT2D eigenvalue weighted by atomic mass is 10.2. The monoisotopic (exact) mass is 263 g/mol. The number of halogens is 1. The van der Waals surface area contributed by atoms with Crippen LogP contribution in [0.3, 0.4) is 0 Å². The fourth-order valence-electron chi connectivity index (χ4n) is 2.10. The minimum absolute atomic E-state index is 0.361. The van der Waals surface area contributed by atoms with Crippen molar-refractivity contribution in [1.82, 2.24) is 4.90 Å². The van der Waals surface area contributed by atoms with Crippen molar-refractivity contribution in [3.05, 3.63) is 29.8 Å². The van der Waals surface area contributed by atoms with Gasteiger partial charge >= 0.3 is 0 Å². The van der Waals surface area contributed by atoms with Crippen molar-refractivity contribution in [3.63, 3.8) is 0 Å². The average Bonchev–Trinajstić information content (AvgIpc) is 2.90. The van der Waals surface area contributed by atoms with Gasteiger partial charge in [-0.2, -0.15) is 0 Å². The number of nitrogens with zero attached hydrogens (tertiary/aromatic N) is 1. The van der Waals surface area contributed by atoms with Gasteiger partial charge in [-0.15, -0.1) is 11.6 Å². The zero-order valence-electron chi connectivity index (χ0n) is 10.5. The van der Waals surface area contributed by atoms with E-state index in [0.717, 1.165) is 24.5 Å². The van der Waals surface area contributed by atoms with Gasteiger partial charge in [0.15, 0.2) is 0 Å². The third-order valence-corrected chi connectivity index (χ3v) is 3.14. The molecule has 0 radical (unpaired) electrons. The predicted molar refractivity (Wildman–Crippen MR) is 75.2 cm³/mol. The molecule has 1 aliphatic rings. The molecule has 0 unspecified atom stereocenters. The second-order valence-electron chi connectivity index (χ2n) is 4.36. The maximum absolute atomic E-state index is 5.75. The lowest BCUT2D eigenvalue weighted by molar-refractivity contribution is 0.238. The van der Waals surface area contributed by atoms with E-state index >= 15 is 0 Å².